The zero-order valence-electron chi connectivity index (χ0n) is 18.3. The summed E-state index contributed by atoms with van der Waals surface area (Å²) in [6.45, 7) is 10.1. The highest BCUT2D eigenvalue weighted by Crippen LogP contribution is 2.31. The largest absolute Gasteiger partial charge is 0.354 e. The Morgan fingerprint density at radius 1 is 1.07 bits per heavy atom. The minimum Gasteiger partial charge on any atom is -0.354 e. The van der Waals surface area contributed by atoms with Crippen molar-refractivity contribution < 1.29 is 9.59 Å². The van der Waals surface area contributed by atoms with Crippen LogP contribution in [0, 0.1) is 18.8 Å². The monoisotopic (exact) mass is 399 g/mol. The summed E-state index contributed by atoms with van der Waals surface area (Å²) in [6, 6.07) is 7.75. The van der Waals surface area contributed by atoms with Gasteiger partial charge in [-0.1, -0.05) is 50.8 Å². The molecule has 1 aromatic rings. The lowest BCUT2D eigenvalue weighted by Crippen LogP contribution is -2.58. The number of rotatable bonds is 7. The SMILES string of the molecule is CC[C@H](C)CNC(=O)[C@H](C1CCCC1)N1CCN(C(=O)c2ccc(C)cc2)CC1. The van der Waals surface area contributed by atoms with E-state index in [-0.39, 0.29) is 17.9 Å². The molecule has 0 radical (unpaired) electrons. The van der Waals surface area contributed by atoms with Gasteiger partial charge >= 0.3 is 0 Å². The number of hydrogen-bond donors (Lipinski definition) is 1. The van der Waals surface area contributed by atoms with Crippen LogP contribution in [0.15, 0.2) is 24.3 Å². The first-order valence-corrected chi connectivity index (χ1v) is 11.4. The minimum atomic E-state index is -0.0433. The standard InChI is InChI=1S/C24H37N3O2/c1-4-18(2)17-25-23(28)22(20-7-5-6-8-20)26-13-15-27(16-14-26)24(29)21-11-9-19(3)10-12-21/h9-12,18,20,22H,4-8,13-17H2,1-3H3,(H,25,28)/t18-,22-/m0/s1. The molecule has 2 atom stereocenters. The summed E-state index contributed by atoms with van der Waals surface area (Å²) < 4.78 is 0. The highest BCUT2D eigenvalue weighted by molar-refractivity contribution is 5.94. The Morgan fingerprint density at radius 2 is 1.69 bits per heavy atom. The zero-order chi connectivity index (χ0) is 20.8. The predicted octanol–water partition coefficient (Wildman–Crippen LogP) is 3.47. The first kappa shape index (κ1) is 21.8. The molecular formula is C24H37N3O2. The van der Waals surface area contributed by atoms with Gasteiger partial charge in [-0.2, -0.15) is 0 Å². The lowest BCUT2D eigenvalue weighted by atomic mass is 9.94. The van der Waals surface area contributed by atoms with Gasteiger partial charge in [0.25, 0.3) is 5.91 Å². The molecular weight excluding hydrogens is 362 g/mol. The molecule has 2 amide bonds. The van der Waals surface area contributed by atoms with E-state index < -0.39 is 0 Å². The van der Waals surface area contributed by atoms with Crippen molar-refractivity contribution >= 4 is 11.8 Å². The maximum absolute atomic E-state index is 13.1. The van der Waals surface area contributed by atoms with E-state index in [9.17, 15) is 9.59 Å². The van der Waals surface area contributed by atoms with Crippen molar-refractivity contribution in [3.8, 4) is 0 Å². The van der Waals surface area contributed by atoms with Gasteiger partial charge in [0.2, 0.25) is 5.91 Å². The number of carbonyl (C=O) groups is 2. The molecule has 1 aliphatic heterocycles. The van der Waals surface area contributed by atoms with Crippen LogP contribution in [0.4, 0.5) is 0 Å². The Hall–Kier alpha value is -1.88. The molecule has 29 heavy (non-hydrogen) atoms. The van der Waals surface area contributed by atoms with Crippen LogP contribution in [0.3, 0.4) is 0 Å². The van der Waals surface area contributed by atoms with Crippen molar-refractivity contribution in [3.05, 3.63) is 35.4 Å². The van der Waals surface area contributed by atoms with Crippen molar-refractivity contribution in [1.82, 2.24) is 15.1 Å². The van der Waals surface area contributed by atoms with Crippen molar-refractivity contribution in [3.63, 3.8) is 0 Å². The summed E-state index contributed by atoms with van der Waals surface area (Å²) >= 11 is 0. The van der Waals surface area contributed by atoms with E-state index in [0.717, 1.165) is 50.0 Å². The minimum absolute atomic E-state index is 0.0433. The molecule has 1 heterocycles. The normalized spacial score (nSPS) is 20.4. The fraction of sp³-hybridized carbons (Fsp3) is 0.667. The van der Waals surface area contributed by atoms with Gasteiger partial charge in [-0.15, -0.1) is 0 Å². The van der Waals surface area contributed by atoms with E-state index in [2.05, 4.69) is 24.1 Å². The van der Waals surface area contributed by atoms with Crippen LogP contribution in [0.5, 0.6) is 0 Å². The molecule has 5 nitrogen and oxygen atoms in total. The number of amides is 2. The second-order valence-electron chi connectivity index (χ2n) is 8.94. The summed E-state index contributed by atoms with van der Waals surface area (Å²) in [6.07, 6.45) is 5.82. The average molecular weight is 400 g/mol. The third kappa shape index (κ3) is 5.59. The Labute approximate surface area is 175 Å². The third-order valence-electron chi connectivity index (χ3n) is 6.73. The fourth-order valence-corrected chi connectivity index (χ4v) is 4.56. The van der Waals surface area contributed by atoms with Gasteiger partial charge in [0.05, 0.1) is 6.04 Å². The summed E-state index contributed by atoms with van der Waals surface area (Å²) in [4.78, 5) is 30.2. The van der Waals surface area contributed by atoms with E-state index in [1.807, 2.05) is 36.1 Å². The first-order chi connectivity index (χ1) is 14.0. The maximum atomic E-state index is 13.1. The fourth-order valence-electron chi connectivity index (χ4n) is 4.56. The Morgan fingerprint density at radius 3 is 2.28 bits per heavy atom. The maximum Gasteiger partial charge on any atom is 0.253 e. The van der Waals surface area contributed by atoms with Crippen LogP contribution in [-0.2, 0) is 4.79 Å². The summed E-state index contributed by atoms with van der Waals surface area (Å²) in [5, 5.41) is 3.21. The molecule has 1 aromatic carbocycles. The number of aryl methyl sites for hydroxylation is 1. The van der Waals surface area contributed by atoms with E-state index in [0.29, 0.717) is 24.9 Å². The molecule has 3 rings (SSSR count). The number of benzene rings is 1. The predicted molar refractivity (Wildman–Crippen MR) is 117 cm³/mol. The van der Waals surface area contributed by atoms with Gasteiger partial charge in [0.15, 0.2) is 0 Å². The molecule has 1 saturated heterocycles. The van der Waals surface area contributed by atoms with Crippen LogP contribution in [-0.4, -0.2) is 60.4 Å². The van der Waals surface area contributed by atoms with Crippen molar-refractivity contribution in [2.75, 3.05) is 32.7 Å². The van der Waals surface area contributed by atoms with Gasteiger partial charge in [-0.05, 0) is 43.7 Å². The summed E-state index contributed by atoms with van der Waals surface area (Å²) in [5.74, 6) is 1.25. The number of carbonyl (C=O) groups excluding carboxylic acids is 2. The summed E-state index contributed by atoms with van der Waals surface area (Å²) in [5.41, 5.74) is 1.91. The molecule has 2 fully saturated rings. The Bertz CT molecular complexity index is 674. The number of nitrogens with one attached hydrogen (secondary N) is 1. The zero-order valence-corrected chi connectivity index (χ0v) is 18.3. The molecule has 0 spiro atoms. The van der Waals surface area contributed by atoms with Gasteiger partial charge < -0.3 is 10.2 Å². The molecule has 0 unspecified atom stereocenters. The average Bonchev–Trinajstić information content (AvgIpc) is 3.27. The van der Waals surface area contributed by atoms with Crippen LogP contribution in [0.1, 0.15) is 61.9 Å². The van der Waals surface area contributed by atoms with Gasteiger partial charge in [-0.3, -0.25) is 14.5 Å². The van der Waals surface area contributed by atoms with E-state index in [1.54, 1.807) is 0 Å². The second kappa shape index (κ2) is 10.2. The second-order valence-corrected chi connectivity index (χ2v) is 8.94. The van der Waals surface area contributed by atoms with Crippen LogP contribution in [0.2, 0.25) is 0 Å². The van der Waals surface area contributed by atoms with E-state index >= 15 is 0 Å². The third-order valence-corrected chi connectivity index (χ3v) is 6.73. The lowest BCUT2D eigenvalue weighted by molar-refractivity contribution is -0.129. The molecule has 5 heteroatoms. The lowest BCUT2D eigenvalue weighted by Gasteiger charge is -2.41. The first-order valence-electron chi connectivity index (χ1n) is 11.4. The van der Waals surface area contributed by atoms with E-state index in [1.165, 1.54) is 12.8 Å². The molecule has 0 aromatic heterocycles. The number of hydrogen-bond acceptors (Lipinski definition) is 3. The Balaban J connectivity index is 1.61. The molecule has 1 N–H and O–H groups in total. The topological polar surface area (TPSA) is 52.7 Å². The summed E-state index contributed by atoms with van der Waals surface area (Å²) in [7, 11) is 0. The van der Waals surface area contributed by atoms with Crippen molar-refractivity contribution in [2.45, 2.75) is 58.9 Å². The highest BCUT2D eigenvalue weighted by Gasteiger charge is 2.37. The molecule has 0 bridgehead atoms. The van der Waals surface area contributed by atoms with Gasteiger partial charge in [0, 0.05) is 38.3 Å². The highest BCUT2D eigenvalue weighted by atomic mass is 16.2. The number of piperazine rings is 1. The van der Waals surface area contributed by atoms with Crippen LogP contribution in [0.25, 0.3) is 0 Å². The quantitative estimate of drug-likeness (QED) is 0.764. The molecule has 160 valence electrons. The van der Waals surface area contributed by atoms with Crippen molar-refractivity contribution in [2.24, 2.45) is 11.8 Å². The smallest absolute Gasteiger partial charge is 0.253 e. The van der Waals surface area contributed by atoms with Crippen LogP contribution < -0.4 is 5.32 Å². The molecule has 2 aliphatic rings. The molecule has 1 aliphatic carbocycles. The van der Waals surface area contributed by atoms with E-state index in [4.69, 9.17) is 0 Å². The Kier molecular flexibility index (Phi) is 7.70. The number of nitrogens with zero attached hydrogens (tertiary/aromatic N) is 2. The molecule has 1 saturated carbocycles. The van der Waals surface area contributed by atoms with Gasteiger partial charge in [0.1, 0.15) is 0 Å². The van der Waals surface area contributed by atoms with Gasteiger partial charge in [-0.25, -0.2) is 0 Å². The van der Waals surface area contributed by atoms with Crippen LogP contribution >= 0.6 is 0 Å². The van der Waals surface area contributed by atoms with Crippen molar-refractivity contribution in [1.29, 1.82) is 0 Å².